The third-order valence-electron chi connectivity index (χ3n) is 4.10. The fourth-order valence-electron chi connectivity index (χ4n) is 2.93. The third kappa shape index (κ3) is 3.27. The molecule has 23 heavy (non-hydrogen) atoms. The molecule has 0 aliphatic heterocycles. The molecule has 0 saturated carbocycles. The molecule has 1 aromatic heterocycles. The summed E-state index contributed by atoms with van der Waals surface area (Å²) in [6.07, 6.45) is 2.34. The summed E-state index contributed by atoms with van der Waals surface area (Å²) in [7, 11) is 3.62. The second-order valence-electron chi connectivity index (χ2n) is 5.59. The second-order valence-corrected chi connectivity index (χ2v) is 5.59. The van der Waals surface area contributed by atoms with Crippen LogP contribution >= 0.6 is 0 Å². The standard InChI is InChI=1S/C19H20N2O2/c1-20-23-19(22)13-17(14-6-4-3-5-7-14)16-9-8-15-10-11-21(2)18(15)12-16/h3-12,17,20H,13H2,1-2H3. The van der Waals surface area contributed by atoms with E-state index in [9.17, 15) is 4.79 Å². The van der Waals surface area contributed by atoms with Crippen LogP contribution < -0.4 is 5.48 Å². The van der Waals surface area contributed by atoms with Gasteiger partial charge in [0, 0.05) is 31.7 Å². The zero-order chi connectivity index (χ0) is 16.2. The van der Waals surface area contributed by atoms with Crippen LogP contribution in [-0.4, -0.2) is 17.6 Å². The molecule has 0 amide bonds. The van der Waals surface area contributed by atoms with Crippen molar-refractivity contribution in [3.05, 3.63) is 71.9 Å². The summed E-state index contributed by atoms with van der Waals surface area (Å²) < 4.78 is 2.09. The lowest BCUT2D eigenvalue weighted by Crippen LogP contribution is -2.18. The molecule has 0 saturated heterocycles. The lowest BCUT2D eigenvalue weighted by atomic mass is 9.88. The Hall–Kier alpha value is -2.59. The molecule has 1 heterocycles. The van der Waals surface area contributed by atoms with Crippen LogP contribution in [0.1, 0.15) is 23.5 Å². The van der Waals surface area contributed by atoms with E-state index in [4.69, 9.17) is 4.84 Å². The fraction of sp³-hybridized carbons (Fsp3) is 0.211. The molecule has 0 bridgehead atoms. The lowest BCUT2D eigenvalue weighted by molar-refractivity contribution is -0.150. The molecular weight excluding hydrogens is 288 g/mol. The van der Waals surface area contributed by atoms with Gasteiger partial charge in [-0.15, -0.1) is 0 Å². The highest BCUT2D eigenvalue weighted by atomic mass is 16.7. The SMILES string of the molecule is CNOC(=O)CC(c1ccccc1)c1ccc2ccn(C)c2c1. The van der Waals surface area contributed by atoms with E-state index in [-0.39, 0.29) is 11.9 Å². The molecule has 0 radical (unpaired) electrons. The molecular formula is C19H20N2O2. The maximum atomic E-state index is 12.0. The summed E-state index contributed by atoms with van der Waals surface area (Å²) in [5.74, 6) is -0.301. The summed E-state index contributed by atoms with van der Waals surface area (Å²) >= 11 is 0. The van der Waals surface area contributed by atoms with E-state index < -0.39 is 0 Å². The highest BCUT2D eigenvalue weighted by Crippen LogP contribution is 2.30. The Balaban J connectivity index is 2.01. The number of carbonyl (C=O) groups is 1. The summed E-state index contributed by atoms with van der Waals surface area (Å²) in [5, 5.41) is 1.20. The number of hydrogen-bond donors (Lipinski definition) is 1. The Kier molecular flexibility index (Phi) is 4.44. The number of aryl methyl sites for hydroxylation is 1. The number of carbonyl (C=O) groups excluding carboxylic acids is 1. The topological polar surface area (TPSA) is 43.3 Å². The molecule has 0 spiro atoms. The summed E-state index contributed by atoms with van der Waals surface area (Å²) in [6.45, 7) is 0. The van der Waals surface area contributed by atoms with Gasteiger partial charge >= 0.3 is 5.97 Å². The molecule has 3 rings (SSSR count). The minimum Gasteiger partial charge on any atom is -0.371 e. The Labute approximate surface area is 135 Å². The number of nitrogens with one attached hydrogen (secondary N) is 1. The van der Waals surface area contributed by atoms with Crippen LogP contribution in [0.3, 0.4) is 0 Å². The molecule has 118 valence electrons. The van der Waals surface area contributed by atoms with E-state index in [1.54, 1.807) is 7.05 Å². The van der Waals surface area contributed by atoms with Gasteiger partial charge in [-0.05, 0) is 28.6 Å². The molecule has 3 aromatic rings. The van der Waals surface area contributed by atoms with Gasteiger partial charge in [0.25, 0.3) is 0 Å². The number of rotatable bonds is 5. The maximum Gasteiger partial charge on any atom is 0.325 e. The maximum absolute atomic E-state index is 12.0. The predicted octanol–water partition coefficient (Wildman–Crippen LogP) is 3.38. The van der Waals surface area contributed by atoms with Gasteiger partial charge in [-0.1, -0.05) is 42.5 Å². The highest BCUT2D eigenvalue weighted by molar-refractivity contribution is 5.81. The van der Waals surface area contributed by atoms with E-state index in [1.807, 2.05) is 43.6 Å². The van der Waals surface area contributed by atoms with Crippen molar-refractivity contribution >= 4 is 16.9 Å². The van der Waals surface area contributed by atoms with Gasteiger partial charge in [0.15, 0.2) is 0 Å². The van der Waals surface area contributed by atoms with E-state index in [2.05, 4.69) is 34.3 Å². The molecule has 4 nitrogen and oxygen atoms in total. The normalized spacial score (nSPS) is 12.3. The Morgan fingerprint density at radius 2 is 1.91 bits per heavy atom. The van der Waals surface area contributed by atoms with Gasteiger partial charge in [-0.25, -0.2) is 0 Å². The van der Waals surface area contributed by atoms with E-state index >= 15 is 0 Å². The van der Waals surface area contributed by atoms with Crippen molar-refractivity contribution < 1.29 is 9.63 Å². The highest BCUT2D eigenvalue weighted by Gasteiger charge is 2.20. The zero-order valence-corrected chi connectivity index (χ0v) is 13.3. The summed E-state index contributed by atoms with van der Waals surface area (Å²) in [4.78, 5) is 16.9. The number of benzene rings is 2. The third-order valence-corrected chi connectivity index (χ3v) is 4.10. The Bertz CT molecular complexity index is 809. The molecule has 4 heteroatoms. The molecule has 2 aromatic carbocycles. The smallest absolute Gasteiger partial charge is 0.325 e. The fourth-order valence-corrected chi connectivity index (χ4v) is 2.93. The van der Waals surface area contributed by atoms with Crippen LogP contribution in [0.4, 0.5) is 0 Å². The summed E-state index contributed by atoms with van der Waals surface area (Å²) in [6, 6.07) is 18.5. The van der Waals surface area contributed by atoms with Crippen molar-refractivity contribution in [2.45, 2.75) is 12.3 Å². The van der Waals surface area contributed by atoms with Crippen LogP contribution in [0.15, 0.2) is 60.8 Å². The van der Waals surface area contributed by atoms with Gasteiger partial charge in [0.05, 0.1) is 6.42 Å². The molecule has 0 aliphatic carbocycles. The Morgan fingerprint density at radius 3 is 2.65 bits per heavy atom. The molecule has 1 atom stereocenters. The monoisotopic (exact) mass is 308 g/mol. The largest absolute Gasteiger partial charge is 0.371 e. The molecule has 0 aliphatic rings. The van der Waals surface area contributed by atoms with E-state index in [1.165, 1.54) is 5.39 Å². The van der Waals surface area contributed by atoms with Crippen molar-refractivity contribution in [1.82, 2.24) is 10.0 Å². The summed E-state index contributed by atoms with van der Waals surface area (Å²) in [5.41, 5.74) is 5.83. The molecule has 0 fully saturated rings. The van der Waals surface area contributed by atoms with Gasteiger partial charge in [-0.2, -0.15) is 5.48 Å². The number of nitrogens with zero attached hydrogens (tertiary/aromatic N) is 1. The van der Waals surface area contributed by atoms with E-state index in [0.29, 0.717) is 6.42 Å². The number of hydrogen-bond acceptors (Lipinski definition) is 3. The average molecular weight is 308 g/mol. The van der Waals surface area contributed by atoms with Crippen LogP contribution in [0, 0.1) is 0 Å². The van der Waals surface area contributed by atoms with Crippen molar-refractivity contribution in [2.75, 3.05) is 7.05 Å². The van der Waals surface area contributed by atoms with Crippen LogP contribution in [0.25, 0.3) is 10.9 Å². The predicted molar refractivity (Wildman–Crippen MR) is 91.0 cm³/mol. The van der Waals surface area contributed by atoms with Gasteiger partial charge in [-0.3, -0.25) is 4.79 Å². The first kappa shape index (κ1) is 15.3. The quantitative estimate of drug-likeness (QED) is 0.735. The van der Waals surface area contributed by atoms with E-state index in [0.717, 1.165) is 16.6 Å². The molecule has 1 unspecified atom stereocenters. The first-order valence-electron chi connectivity index (χ1n) is 7.65. The average Bonchev–Trinajstić information content (AvgIpc) is 2.94. The minimum atomic E-state index is -0.270. The van der Waals surface area contributed by atoms with Gasteiger partial charge in [0.1, 0.15) is 0 Å². The van der Waals surface area contributed by atoms with Crippen molar-refractivity contribution in [1.29, 1.82) is 0 Å². The number of hydroxylamine groups is 1. The minimum absolute atomic E-state index is 0.0312. The van der Waals surface area contributed by atoms with Crippen molar-refractivity contribution in [2.24, 2.45) is 7.05 Å². The van der Waals surface area contributed by atoms with Crippen LogP contribution in [0.2, 0.25) is 0 Å². The van der Waals surface area contributed by atoms with Gasteiger partial charge < -0.3 is 9.40 Å². The Morgan fingerprint density at radius 1 is 1.13 bits per heavy atom. The second kappa shape index (κ2) is 6.67. The first-order valence-corrected chi connectivity index (χ1v) is 7.65. The van der Waals surface area contributed by atoms with Crippen molar-refractivity contribution in [3.8, 4) is 0 Å². The van der Waals surface area contributed by atoms with Crippen LogP contribution in [0.5, 0.6) is 0 Å². The number of fused-ring (bicyclic) bond motifs is 1. The van der Waals surface area contributed by atoms with Crippen molar-refractivity contribution in [3.63, 3.8) is 0 Å². The number of aromatic nitrogens is 1. The zero-order valence-electron chi connectivity index (χ0n) is 13.3. The lowest BCUT2D eigenvalue weighted by Gasteiger charge is -2.17. The van der Waals surface area contributed by atoms with Gasteiger partial charge in [0.2, 0.25) is 0 Å². The van der Waals surface area contributed by atoms with Crippen LogP contribution in [-0.2, 0) is 16.7 Å². The first-order chi connectivity index (χ1) is 11.2. The molecule has 1 N–H and O–H groups in total.